The van der Waals surface area contributed by atoms with Crippen LogP contribution < -0.4 is 4.74 Å². The maximum absolute atomic E-state index is 10.9. The molecule has 1 aromatic carbocycles. The lowest BCUT2D eigenvalue weighted by Crippen LogP contribution is -2.25. The number of nitro benzene ring substituents is 1. The number of hydrogen-bond donors (Lipinski definition) is 0. The summed E-state index contributed by atoms with van der Waals surface area (Å²) in [7, 11) is 0. The maximum Gasteiger partial charge on any atom is 0.270 e. The summed E-state index contributed by atoms with van der Waals surface area (Å²) in [5.74, 6) is 0.403. The lowest BCUT2D eigenvalue weighted by atomic mass is 10.2. The fourth-order valence-corrected chi connectivity index (χ4v) is 2.16. The van der Waals surface area contributed by atoms with E-state index in [0.717, 1.165) is 19.6 Å². The lowest BCUT2D eigenvalue weighted by Gasteiger charge is -2.15. The first-order valence-corrected chi connectivity index (χ1v) is 6.29. The zero-order valence-corrected chi connectivity index (χ0v) is 10.6. The Balaban J connectivity index is 1.95. The van der Waals surface area contributed by atoms with Crippen molar-refractivity contribution >= 4 is 12.0 Å². The highest BCUT2D eigenvalue weighted by Gasteiger charge is 2.13. The van der Waals surface area contributed by atoms with Gasteiger partial charge in [-0.1, -0.05) is 0 Å². The SMILES string of the molecule is O=Cc1cc([N+](=O)[O-])ccc1OCCN1CCCC1. The fourth-order valence-electron chi connectivity index (χ4n) is 2.16. The molecule has 0 aliphatic carbocycles. The molecule has 0 saturated carbocycles. The van der Waals surface area contributed by atoms with Crippen molar-refractivity contribution in [1.82, 2.24) is 4.90 Å². The number of hydrogen-bond acceptors (Lipinski definition) is 5. The van der Waals surface area contributed by atoms with Crippen molar-refractivity contribution in [2.75, 3.05) is 26.2 Å². The second kappa shape index (κ2) is 6.29. The average molecular weight is 264 g/mol. The second-order valence-electron chi connectivity index (χ2n) is 4.49. The molecule has 0 radical (unpaired) electrons. The molecule has 6 heteroatoms. The van der Waals surface area contributed by atoms with Crippen LogP contribution in [0.15, 0.2) is 18.2 Å². The summed E-state index contributed by atoms with van der Waals surface area (Å²) in [6, 6.07) is 4.06. The molecule has 0 amide bonds. The summed E-state index contributed by atoms with van der Waals surface area (Å²) in [5.41, 5.74) is 0.115. The van der Waals surface area contributed by atoms with Crippen LogP contribution in [0.5, 0.6) is 5.75 Å². The number of carbonyl (C=O) groups is 1. The predicted octanol–water partition coefficient (Wildman–Crippen LogP) is 1.88. The van der Waals surface area contributed by atoms with Crippen molar-refractivity contribution in [3.05, 3.63) is 33.9 Å². The van der Waals surface area contributed by atoms with E-state index in [1.165, 1.54) is 31.0 Å². The first kappa shape index (κ1) is 13.5. The van der Waals surface area contributed by atoms with Crippen LogP contribution in [0.4, 0.5) is 5.69 Å². The molecule has 1 fully saturated rings. The first-order valence-electron chi connectivity index (χ1n) is 6.29. The van der Waals surface area contributed by atoms with E-state index in [0.29, 0.717) is 18.6 Å². The van der Waals surface area contributed by atoms with Gasteiger partial charge in [-0.05, 0) is 32.0 Å². The molecule has 6 nitrogen and oxygen atoms in total. The lowest BCUT2D eigenvalue weighted by molar-refractivity contribution is -0.384. The van der Waals surface area contributed by atoms with E-state index in [1.54, 1.807) is 0 Å². The van der Waals surface area contributed by atoms with Crippen LogP contribution in [-0.4, -0.2) is 42.4 Å². The van der Waals surface area contributed by atoms with Gasteiger partial charge in [0.15, 0.2) is 6.29 Å². The number of benzene rings is 1. The van der Waals surface area contributed by atoms with Gasteiger partial charge in [0, 0.05) is 18.7 Å². The van der Waals surface area contributed by atoms with Crippen LogP contribution >= 0.6 is 0 Å². The third-order valence-electron chi connectivity index (χ3n) is 3.19. The van der Waals surface area contributed by atoms with E-state index in [1.807, 2.05) is 0 Å². The molecule has 0 N–H and O–H groups in total. The van der Waals surface area contributed by atoms with Gasteiger partial charge in [-0.25, -0.2) is 0 Å². The minimum absolute atomic E-state index is 0.103. The highest BCUT2D eigenvalue weighted by Crippen LogP contribution is 2.22. The summed E-state index contributed by atoms with van der Waals surface area (Å²) in [6.45, 7) is 3.47. The minimum Gasteiger partial charge on any atom is -0.491 e. The minimum atomic E-state index is -0.527. The molecular weight excluding hydrogens is 248 g/mol. The smallest absolute Gasteiger partial charge is 0.270 e. The normalized spacial score (nSPS) is 15.4. The van der Waals surface area contributed by atoms with Crippen molar-refractivity contribution in [2.24, 2.45) is 0 Å². The van der Waals surface area contributed by atoms with Crippen molar-refractivity contribution < 1.29 is 14.5 Å². The van der Waals surface area contributed by atoms with E-state index in [-0.39, 0.29) is 11.3 Å². The van der Waals surface area contributed by atoms with Gasteiger partial charge < -0.3 is 4.74 Å². The van der Waals surface area contributed by atoms with Gasteiger partial charge in [-0.15, -0.1) is 0 Å². The Labute approximate surface area is 111 Å². The third kappa shape index (κ3) is 3.51. The Bertz CT molecular complexity index is 470. The summed E-state index contributed by atoms with van der Waals surface area (Å²) in [5, 5.41) is 10.6. The van der Waals surface area contributed by atoms with Crippen LogP contribution in [0.25, 0.3) is 0 Å². The quantitative estimate of drug-likeness (QED) is 0.445. The first-order chi connectivity index (χ1) is 9.20. The summed E-state index contributed by atoms with van der Waals surface area (Å²) < 4.78 is 5.53. The molecule has 19 heavy (non-hydrogen) atoms. The number of rotatable bonds is 6. The van der Waals surface area contributed by atoms with E-state index in [9.17, 15) is 14.9 Å². The van der Waals surface area contributed by atoms with E-state index in [4.69, 9.17) is 4.74 Å². The highest BCUT2D eigenvalue weighted by molar-refractivity contribution is 5.80. The van der Waals surface area contributed by atoms with Crippen molar-refractivity contribution in [2.45, 2.75) is 12.8 Å². The number of likely N-dealkylation sites (tertiary alicyclic amines) is 1. The summed E-state index contributed by atoms with van der Waals surface area (Å²) in [4.78, 5) is 23.3. The molecule has 1 aliphatic rings. The number of nitro groups is 1. The Morgan fingerprint density at radius 3 is 2.74 bits per heavy atom. The summed E-state index contributed by atoms with van der Waals surface area (Å²) in [6.07, 6.45) is 3.02. The topological polar surface area (TPSA) is 72.7 Å². The average Bonchev–Trinajstić information content (AvgIpc) is 2.92. The van der Waals surface area contributed by atoms with Gasteiger partial charge in [-0.2, -0.15) is 0 Å². The number of non-ortho nitro benzene ring substituents is 1. The van der Waals surface area contributed by atoms with E-state index >= 15 is 0 Å². The van der Waals surface area contributed by atoms with E-state index in [2.05, 4.69) is 4.90 Å². The van der Waals surface area contributed by atoms with E-state index < -0.39 is 4.92 Å². The molecule has 1 aliphatic heterocycles. The molecule has 1 aromatic rings. The molecule has 0 aromatic heterocycles. The number of aldehydes is 1. The van der Waals surface area contributed by atoms with Gasteiger partial charge in [0.2, 0.25) is 0 Å². The Morgan fingerprint density at radius 1 is 1.37 bits per heavy atom. The van der Waals surface area contributed by atoms with Crippen LogP contribution in [-0.2, 0) is 0 Å². The molecule has 0 spiro atoms. The van der Waals surface area contributed by atoms with Gasteiger partial charge in [0.1, 0.15) is 12.4 Å². The van der Waals surface area contributed by atoms with Gasteiger partial charge in [0.25, 0.3) is 5.69 Å². The monoisotopic (exact) mass is 264 g/mol. The third-order valence-corrected chi connectivity index (χ3v) is 3.19. The Kier molecular flexibility index (Phi) is 4.46. The number of carbonyl (C=O) groups excluding carboxylic acids is 1. The van der Waals surface area contributed by atoms with Gasteiger partial charge >= 0.3 is 0 Å². The van der Waals surface area contributed by atoms with Crippen molar-refractivity contribution in [3.63, 3.8) is 0 Å². The predicted molar refractivity (Wildman–Crippen MR) is 69.7 cm³/mol. The molecule has 2 rings (SSSR count). The molecule has 0 bridgehead atoms. The largest absolute Gasteiger partial charge is 0.491 e. The molecule has 1 heterocycles. The maximum atomic E-state index is 10.9. The molecule has 1 saturated heterocycles. The van der Waals surface area contributed by atoms with Crippen LogP contribution in [0, 0.1) is 10.1 Å². The van der Waals surface area contributed by atoms with Crippen molar-refractivity contribution in [3.8, 4) is 5.75 Å². The van der Waals surface area contributed by atoms with Gasteiger partial charge in [0.05, 0.1) is 10.5 Å². The standard InChI is InChI=1S/C13H16N2O4/c16-10-11-9-12(15(17)18)3-4-13(11)19-8-7-14-5-1-2-6-14/h3-4,9-10H,1-2,5-8H2. The van der Waals surface area contributed by atoms with Crippen LogP contribution in [0.2, 0.25) is 0 Å². The molecule has 0 atom stereocenters. The summed E-state index contributed by atoms with van der Waals surface area (Å²) >= 11 is 0. The molecule has 0 unspecified atom stereocenters. The Morgan fingerprint density at radius 2 is 2.11 bits per heavy atom. The highest BCUT2D eigenvalue weighted by atomic mass is 16.6. The Hall–Kier alpha value is -1.95. The molecular formula is C13H16N2O4. The van der Waals surface area contributed by atoms with Crippen molar-refractivity contribution in [1.29, 1.82) is 0 Å². The van der Waals surface area contributed by atoms with Gasteiger partial charge in [-0.3, -0.25) is 19.8 Å². The second-order valence-corrected chi connectivity index (χ2v) is 4.49. The van der Waals surface area contributed by atoms with Crippen LogP contribution in [0.3, 0.4) is 0 Å². The zero-order chi connectivity index (χ0) is 13.7. The zero-order valence-electron chi connectivity index (χ0n) is 10.6. The van der Waals surface area contributed by atoms with Crippen LogP contribution in [0.1, 0.15) is 23.2 Å². The number of ether oxygens (including phenoxy) is 1. The molecule has 102 valence electrons. The fraction of sp³-hybridized carbons (Fsp3) is 0.462. The number of nitrogens with zero attached hydrogens (tertiary/aromatic N) is 2.